The van der Waals surface area contributed by atoms with E-state index in [0.29, 0.717) is 12.4 Å². The monoisotopic (exact) mass is 297 g/mol. The van der Waals surface area contributed by atoms with Gasteiger partial charge in [0.05, 0.1) is 11.4 Å². The minimum atomic E-state index is -3.53. The Hall–Kier alpha value is -1.64. The number of imidazole rings is 1. The molecule has 7 nitrogen and oxygen atoms in total. The fourth-order valence-corrected chi connectivity index (χ4v) is 2.96. The van der Waals surface area contributed by atoms with E-state index in [1.165, 1.54) is 0 Å². The Labute approximate surface area is 118 Å². The first-order chi connectivity index (χ1) is 9.44. The zero-order valence-electron chi connectivity index (χ0n) is 11.8. The second-order valence-corrected chi connectivity index (χ2v) is 6.35. The van der Waals surface area contributed by atoms with Crippen molar-refractivity contribution >= 4 is 10.0 Å². The molecule has 2 aromatic heterocycles. The van der Waals surface area contributed by atoms with Crippen LogP contribution >= 0.6 is 0 Å². The molecule has 0 saturated carbocycles. The van der Waals surface area contributed by atoms with Gasteiger partial charge in [-0.25, -0.2) is 18.1 Å². The van der Waals surface area contributed by atoms with Gasteiger partial charge in [0.2, 0.25) is 10.0 Å². The minimum Gasteiger partial charge on any atom is -0.352 e. The molecule has 0 aliphatic carbocycles. The lowest BCUT2D eigenvalue weighted by atomic mass is 10.4. The third kappa shape index (κ3) is 3.09. The molecule has 0 unspecified atom stereocenters. The van der Waals surface area contributed by atoms with Crippen LogP contribution in [-0.4, -0.2) is 29.6 Å². The zero-order chi connectivity index (χ0) is 14.8. The maximum absolute atomic E-state index is 12.2. The van der Waals surface area contributed by atoms with E-state index in [1.54, 1.807) is 33.8 Å². The summed E-state index contributed by atoms with van der Waals surface area (Å²) >= 11 is 0. The summed E-state index contributed by atoms with van der Waals surface area (Å²) in [5.74, 6) is 0.667. The van der Waals surface area contributed by atoms with E-state index in [1.807, 2.05) is 21.1 Å². The maximum Gasteiger partial charge on any atom is 0.242 e. The van der Waals surface area contributed by atoms with E-state index in [4.69, 9.17) is 0 Å². The fourth-order valence-electron chi connectivity index (χ4n) is 1.89. The number of sulfonamides is 1. The summed E-state index contributed by atoms with van der Waals surface area (Å²) in [7, 11) is 1.94. The van der Waals surface area contributed by atoms with Crippen molar-refractivity contribution in [3.63, 3.8) is 0 Å². The Morgan fingerprint density at radius 1 is 1.25 bits per heavy atom. The van der Waals surface area contributed by atoms with Crippen molar-refractivity contribution in [3.8, 4) is 0 Å². The topological polar surface area (TPSA) is 81.0 Å². The Morgan fingerprint density at radius 3 is 2.60 bits per heavy atom. The van der Waals surface area contributed by atoms with E-state index in [0.717, 1.165) is 5.69 Å². The van der Waals surface area contributed by atoms with Gasteiger partial charge in [0, 0.05) is 44.9 Å². The van der Waals surface area contributed by atoms with Crippen LogP contribution in [0.15, 0.2) is 29.6 Å². The number of aryl methyl sites for hydroxylation is 2. The SMILES string of the molecule is CNCc1cc(S(=O)(=O)NCc2nccn2C)cn1C. The first-order valence-electron chi connectivity index (χ1n) is 6.19. The van der Waals surface area contributed by atoms with Gasteiger partial charge >= 0.3 is 0 Å². The molecule has 20 heavy (non-hydrogen) atoms. The number of nitrogens with one attached hydrogen (secondary N) is 2. The van der Waals surface area contributed by atoms with Crippen LogP contribution in [0.1, 0.15) is 11.5 Å². The largest absolute Gasteiger partial charge is 0.352 e. The smallest absolute Gasteiger partial charge is 0.242 e. The molecular weight excluding hydrogens is 278 g/mol. The van der Waals surface area contributed by atoms with Crippen molar-refractivity contribution in [2.75, 3.05) is 7.05 Å². The summed E-state index contributed by atoms with van der Waals surface area (Å²) in [6, 6.07) is 1.66. The second kappa shape index (κ2) is 5.78. The van der Waals surface area contributed by atoms with Crippen LogP contribution in [0.3, 0.4) is 0 Å². The zero-order valence-corrected chi connectivity index (χ0v) is 12.6. The third-order valence-corrected chi connectivity index (χ3v) is 4.46. The van der Waals surface area contributed by atoms with Gasteiger partial charge in [-0.15, -0.1) is 0 Å². The standard InChI is InChI=1S/C12H19N5O2S/c1-13-7-10-6-11(9-17(10)3)20(18,19)15-8-12-14-4-5-16(12)2/h4-6,9,13,15H,7-8H2,1-3H3. The highest BCUT2D eigenvalue weighted by Gasteiger charge is 2.17. The molecule has 0 aliphatic heterocycles. The van der Waals surface area contributed by atoms with Gasteiger partial charge < -0.3 is 14.5 Å². The van der Waals surface area contributed by atoms with Crippen LogP contribution in [0.5, 0.6) is 0 Å². The minimum absolute atomic E-state index is 0.169. The second-order valence-electron chi connectivity index (χ2n) is 4.59. The Bertz CT molecular complexity index is 687. The van der Waals surface area contributed by atoms with Crippen LogP contribution in [0.2, 0.25) is 0 Å². The first-order valence-corrected chi connectivity index (χ1v) is 7.68. The summed E-state index contributed by atoms with van der Waals surface area (Å²) in [6.45, 7) is 0.785. The highest BCUT2D eigenvalue weighted by Crippen LogP contribution is 2.13. The first kappa shape index (κ1) is 14.8. The lowest BCUT2D eigenvalue weighted by Gasteiger charge is -2.04. The van der Waals surface area contributed by atoms with Crippen molar-refractivity contribution < 1.29 is 8.42 Å². The number of hydrogen-bond donors (Lipinski definition) is 2. The molecular formula is C12H19N5O2S. The molecule has 2 rings (SSSR count). The Balaban J connectivity index is 2.14. The molecule has 0 bridgehead atoms. The van der Waals surface area contributed by atoms with Gasteiger partial charge in [-0.05, 0) is 13.1 Å². The van der Waals surface area contributed by atoms with Gasteiger partial charge in [0.1, 0.15) is 5.82 Å². The quantitative estimate of drug-likeness (QED) is 0.784. The normalized spacial score (nSPS) is 11.9. The van der Waals surface area contributed by atoms with Gasteiger partial charge in [-0.2, -0.15) is 0 Å². The molecule has 0 atom stereocenters. The van der Waals surface area contributed by atoms with Crippen LogP contribution < -0.4 is 10.0 Å². The predicted molar refractivity (Wildman–Crippen MR) is 75.4 cm³/mol. The van der Waals surface area contributed by atoms with E-state index in [-0.39, 0.29) is 11.4 Å². The van der Waals surface area contributed by atoms with E-state index >= 15 is 0 Å². The van der Waals surface area contributed by atoms with E-state index in [9.17, 15) is 8.42 Å². The van der Waals surface area contributed by atoms with Gasteiger partial charge in [0.25, 0.3) is 0 Å². The van der Waals surface area contributed by atoms with Gasteiger partial charge in [0.15, 0.2) is 0 Å². The van der Waals surface area contributed by atoms with Crippen LogP contribution in [0.4, 0.5) is 0 Å². The van der Waals surface area contributed by atoms with Crippen molar-refractivity contribution in [2.24, 2.45) is 14.1 Å². The van der Waals surface area contributed by atoms with Crippen molar-refractivity contribution in [3.05, 3.63) is 36.2 Å². The van der Waals surface area contributed by atoms with E-state index < -0.39 is 10.0 Å². The summed E-state index contributed by atoms with van der Waals surface area (Å²) in [5, 5.41) is 3.00. The number of hydrogen-bond acceptors (Lipinski definition) is 4. The number of nitrogens with zero attached hydrogens (tertiary/aromatic N) is 3. The molecule has 2 heterocycles. The molecule has 0 radical (unpaired) electrons. The molecule has 2 aromatic rings. The van der Waals surface area contributed by atoms with Crippen LogP contribution in [0.25, 0.3) is 0 Å². The van der Waals surface area contributed by atoms with Crippen molar-refractivity contribution in [1.82, 2.24) is 24.2 Å². The fraction of sp³-hybridized carbons (Fsp3) is 0.417. The molecule has 2 N–H and O–H groups in total. The maximum atomic E-state index is 12.2. The summed E-state index contributed by atoms with van der Waals surface area (Å²) in [6.07, 6.45) is 5.02. The molecule has 0 amide bonds. The van der Waals surface area contributed by atoms with Crippen LogP contribution in [0, 0.1) is 0 Å². The van der Waals surface area contributed by atoms with Crippen molar-refractivity contribution in [2.45, 2.75) is 18.0 Å². The van der Waals surface area contributed by atoms with Crippen molar-refractivity contribution in [1.29, 1.82) is 0 Å². The molecule has 0 aliphatic rings. The highest BCUT2D eigenvalue weighted by molar-refractivity contribution is 7.89. The summed E-state index contributed by atoms with van der Waals surface area (Å²) in [4.78, 5) is 4.35. The lowest BCUT2D eigenvalue weighted by molar-refractivity contribution is 0.577. The third-order valence-electron chi connectivity index (χ3n) is 3.09. The summed E-state index contributed by atoms with van der Waals surface area (Å²) < 4.78 is 30.6. The average molecular weight is 297 g/mol. The molecule has 8 heteroatoms. The van der Waals surface area contributed by atoms with Crippen LogP contribution in [-0.2, 0) is 37.2 Å². The number of rotatable bonds is 6. The average Bonchev–Trinajstić information content (AvgIpc) is 2.95. The Kier molecular flexibility index (Phi) is 4.26. The number of aromatic nitrogens is 3. The lowest BCUT2D eigenvalue weighted by Crippen LogP contribution is -2.24. The molecule has 0 spiro atoms. The molecule has 0 aromatic carbocycles. The highest BCUT2D eigenvalue weighted by atomic mass is 32.2. The van der Waals surface area contributed by atoms with Gasteiger partial charge in [-0.3, -0.25) is 0 Å². The molecule has 110 valence electrons. The van der Waals surface area contributed by atoms with E-state index in [2.05, 4.69) is 15.0 Å². The molecule has 0 fully saturated rings. The predicted octanol–water partition coefficient (Wildman–Crippen LogP) is -0.0435. The summed E-state index contributed by atoms with van der Waals surface area (Å²) in [5.41, 5.74) is 0.907. The molecule has 0 saturated heterocycles. The van der Waals surface area contributed by atoms with Gasteiger partial charge in [-0.1, -0.05) is 0 Å². The Morgan fingerprint density at radius 2 is 2.00 bits per heavy atom.